The Morgan fingerprint density at radius 3 is 2.47 bits per heavy atom. The molecule has 0 aliphatic heterocycles. The predicted molar refractivity (Wildman–Crippen MR) is 67.2 cm³/mol. The van der Waals surface area contributed by atoms with Crippen molar-refractivity contribution in [1.29, 1.82) is 0 Å². The van der Waals surface area contributed by atoms with E-state index in [-0.39, 0.29) is 0 Å². The molecule has 0 aliphatic rings. The lowest BCUT2D eigenvalue weighted by Gasteiger charge is -2.12. The molecule has 0 spiro atoms. The number of anilines is 1. The van der Waals surface area contributed by atoms with E-state index < -0.39 is 0 Å². The van der Waals surface area contributed by atoms with Crippen LogP contribution in [0, 0.1) is 0 Å². The quantitative estimate of drug-likeness (QED) is 0.879. The highest BCUT2D eigenvalue weighted by atomic mass is 16.5. The average molecular weight is 230 g/mol. The standard InChI is InChI=1S/C13H14N2O2/c1-16-11-5-3-4-10(13(11)17-2)9-6-7-12(14)15-8-9/h3-8H,1-2H3,(H2,14,15). The number of hydrogen-bond donors (Lipinski definition) is 1. The van der Waals surface area contributed by atoms with Gasteiger partial charge in [-0.05, 0) is 18.2 Å². The molecule has 2 aromatic rings. The molecule has 2 N–H and O–H groups in total. The van der Waals surface area contributed by atoms with Crippen LogP contribution in [0.25, 0.3) is 11.1 Å². The molecule has 0 saturated heterocycles. The van der Waals surface area contributed by atoms with E-state index in [1.54, 1.807) is 26.5 Å². The maximum absolute atomic E-state index is 5.56. The molecule has 17 heavy (non-hydrogen) atoms. The maximum Gasteiger partial charge on any atom is 0.168 e. The third-order valence-corrected chi connectivity index (χ3v) is 2.50. The maximum atomic E-state index is 5.56. The second-order valence-electron chi connectivity index (χ2n) is 3.51. The van der Waals surface area contributed by atoms with Crippen LogP contribution in [-0.4, -0.2) is 19.2 Å². The van der Waals surface area contributed by atoms with E-state index in [0.29, 0.717) is 17.3 Å². The molecule has 0 bridgehead atoms. The summed E-state index contributed by atoms with van der Waals surface area (Å²) in [5, 5.41) is 0. The molecule has 0 atom stereocenters. The molecule has 4 heteroatoms. The van der Waals surface area contributed by atoms with Crippen molar-refractivity contribution in [3.05, 3.63) is 36.5 Å². The number of rotatable bonds is 3. The van der Waals surface area contributed by atoms with Crippen molar-refractivity contribution >= 4 is 5.82 Å². The zero-order chi connectivity index (χ0) is 12.3. The van der Waals surface area contributed by atoms with Gasteiger partial charge in [-0.1, -0.05) is 12.1 Å². The Morgan fingerprint density at radius 1 is 1.06 bits per heavy atom. The second-order valence-corrected chi connectivity index (χ2v) is 3.51. The van der Waals surface area contributed by atoms with Gasteiger partial charge in [-0.25, -0.2) is 4.98 Å². The highest BCUT2D eigenvalue weighted by Gasteiger charge is 2.11. The molecular formula is C13H14N2O2. The molecule has 0 saturated carbocycles. The Morgan fingerprint density at radius 2 is 1.88 bits per heavy atom. The van der Waals surface area contributed by atoms with Gasteiger partial charge in [0.2, 0.25) is 0 Å². The van der Waals surface area contributed by atoms with Crippen LogP contribution < -0.4 is 15.2 Å². The monoisotopic (exact) mass is 230 g/mol. The molecule has 0 unspecified atom stereocenters. The molecule has 0 amide bonds. The van der Waals surface area contributed by atoms with Gasteiger partial charge < -0.3 is 15.2 Å². The number of nitrogens with two attached hydrogens (primary N) is 1. The first-order valence-electron chi connectivity index (χ1n) is 5.19. The number of nitrogen functional groups attached to an aromatic ring is 1. The van der Waals surface area contributed by atoms with Crippen molar-refractivity contribution in [1.82, 2.24) is 4.98 Å². The van der Waals surface area contributed by atoms with E-state index >= 15 is 0 Å². The number of ether oxygens (including phenoxy) is 2. The first kappa shape index (κ1) is 11.3. The lowest BCUT2D eigenvalue weighted by atomic mass is 10.1. The van der Waals surface area contributed by atoms with Crippen molar-refractivity contribution < 1.29 is 9.47 Å². The molecule has 1 heterocycles. The molecular weight excluding hydrogens is 216 g/mol. The smallest absolute Gasteiger partial charge is 0.168 e. The van der Waals surface area contributed by atoms with Crippen molar-refractivity contribution in [2.45, 2.75) is 0 Å². The van der Waals surface area contributed by atoms with Crippen LogP contribution in [0.4, 0.5) is 5.82 Å². The van der Waals surface area contributed by atoms with E-state index in [2.05, 4.69) is 4.98 Å². The van der Waals surface area contributed by atoms with Gasteiger partial charge in [-0.3, -0.25) is 0 Å². The fourth-order valence-corrected chi connectivity index (χ4v) is 1.68. The number of aromatic nitrogens is 1. The number of methoxy groups -OCH3 is 2. The van der Waals surface area contributed by atoms with E-state index in [0.717, 1.165) is 11.1 Å². The molecule has 2 rings (SSSR count). The summed E-state index contributed by atoms with van der Waals surface area (Å²) >= 11 is 0. The summed E-state index contributed by atoms with van der Waals surface area (Å²) < 4.78 is 10.6. The Kier molecular flexibility index (Phi) is 3.14. The summed E-state index contributed by atoms with van der Waals surface area (Å²) in [6, 6.07) is 9.38. The number of benzene rings is 1. The summed E-state index contributed by atoms with van der Waals surface area (Å²) in [4.78, 5) is 4.07. The van der Waals surface area contributed by atoms with Gasteiger partial charge in [0.1, 0.15) is 5.82 Å². The summed E-state index contributed by atoms with van der Waals surface area (Å²) in [6.07, 6.45) is 1.71. The first-order chi connectivity index (χ1) is 8.26. The van der Waals surface area contributed by atoms with E-state index in [9.17, 15) is 0 Å². The number of hydrogen-bond acceptors (Lipinski definition) is 4. The number of para-hydroxylation sites is 1. The predicted octanol–water partition coefficient (Wildman–Crippen LogP) is 2.35. The molecule has 4 nitrogen and oxygen atoms in total. The van der Waals surface area contributed by atoms with Gasteiger partial charge in [0.15, 0.2) is 11.5 Å². The zero-order valence-electron chi connectivity index (χ0n) is 9.81. The minimum Gasteiger partial charge on any atom is -0.493 e. The Hall–Kier alpha value is -2.23. The second kappa shape index (κ2) is 4.74. The van der Waals surface area contributed by atoms with Gasteiger partial charge in [0.25, 0.3) is 0 Å². The summed E-state index contributed by atoms with van der Waals surface area (Å²) in [5.41, 5.74) is 7.43. The first-order valence-corrected chi connectivity index (χ1v) is 5.19. The largest absolute Gasteiger partial charge is 0.493 e. The van der Waals surface area contributed by atoms with Crippen LogP contribution in [0.2, 0.25) is 0 Å². The molecule has 88 valence electrons. The fourth-order valence-electron chi connectivity index (χ4n) is 1.68. The zero-order valence-corrected chi connectivity index (χ0v) is 9.81. The van der Waals surface area contributed by atoms with Crippen LogP contribution in [-0.2, 0) is 0 Å². The van der Waals surface area contributed by atoms with Crippen molar-refractivity contribution in [3.63, 3.8) is 0 Å². The van der Waals surface area contributed by atoms with Gasteiger partial charge in [-0.2, -0.15) is 0 Å². The lowest BCUT2D eigenvalue weighted by Crippen LogP contribution is -1.94. The van der Waals surface area contributed by atoms with Gasteiger partial charge in [-0.15, -0.1) is 0 Å². The van der Waals surface area contributed by atoms with Gasteiger partial charge >= 0.3 is 0 Å². The van der Waals surface area contributed by atoms with Crippen molar-refractivity contribution in [2.24, 2.45) is 0 Å². The fraction of sp³-hybridized carbons (Fsp3) is 0.154. The number of nitrogens with zero attached hydrogens (tertiary/aromatic N) is 1. The molecule has 0 fully saturated rings. The minimum atomic E-state index is 0.496. The SMILES string of the molecule is COc1cccc(-c2ccc(N)nc2)c1OC. The summed E-state index contributed by atoms with van der Waals surface area (Å²) in [5.74, 6) is 1.89. The third-order valence-electron chi connectivity index (χ3n) is 2.50. The Balaban J connectivity index is 2.54. The highest BCUT2D eigenvalue weighted by Crippen LogP contribution is 2.37. The van der Waals surface area contributed by atoms with Crippen LogP contribution in [0.15, 0.2) is 36.5 Å². The topological polar surface area (TPSA) is 57.4 Å². The third kappa shape index (κ3) is 2.15. The van der Waals surface area contributed by atoms with E-state index in [1.165, 1.54) is 0 Å². The molecule has 1 aromatic carbocycles. The number of pyridine rings is 1. The Labute approximate surface area is 100 Å². The minimum absolute atomic E-state index is 0.496. The van der Waals surface area contributed by atoms with Crippen molar-refractivity contribution in [3.8, 4) is 22.6 Å². The Bertz CT molecular complexity index is 509. The lowest BCUT2D eigenvalue weighted by molar-refractivity contribution is 0.356. The summed E-state index contributed by atoms with van der Waals surface area (Å²) in [6.45, 7) is 0. The van der Waals surface area contributed by atoms with Crippen molar-refractivity contribution in [2.75, 3.05) is 20.0 Å². The van der Waals surface area contributed by atoms with E-state index in [4.69, 9.17) is 15.2 Å². The van der Waals surface area contributed by atoms with Gasteiger partial charge in [0, 0.05) is 17.3 Å². The van der Waals surface area contributed by atoms with E-state index in [1.807, 2.05) is 24.3 Å². The molecule has 0 radical (unpaired) electrons. The summed E-state index contributed by atoms with van der Waals surface area (Å²) in [7, 11) is 3.23. The highest BCUT2D eigenvalue weighted by molar-refractivity contribution is 5.73. The average Bonchev–Trinajstić information content (AvgIpc) is 2.38. The van der Waals surface area contributed by atoms with Crippen LogP contribution >= 0.6 is 0 Å². The van der Waals surface area contributed by atoms with Crippen LogP contribution in [0.3, 0.4) is 0 Å². The van der Waals surface area contributed by atoms with Crippen LogP contribution in [0.1, 0.15) is 0 Å². The normalized spacial score (nSPS) is 10.0. The van der Waals surface area contributed by atoms with Crippen LogP contribution in [0.5, 0.6) is 11.5 Å². The van der Waals surface area contributed by atoms with Gasteiger partial charge in [0.05, 0.1) is 14.2 Å². The molecule has 0 aliphatic carbocycles. The molecule has 1 aromatic heterocycles.